The van der Waals surface area contributed by atoms with Gasteiger partial charge in [-0.2, -0.15) is 5.10 Å². The van der Waals surface area contributed by atoms with Gasteiger partial charge in [-0.25, -0.2) is 4.98 Å². The lowest BCUT2D eigenvalue weighted by molar-refractivity contribution is 0.106. The lowest BCUT2D eigenvalue weighted by Gasteiger charge is -2.33. The number of aromatic nitrogens is 3. The maximum Gasteiger partial charge on any atom is 0.111 e. The second-order valence-electron chi connectivity index (χ2n) is 4.35. The van der Waals surface area contributed by atoms with Crippen molar-refractivity contribution in [3.05, 3.63) is 23.1 Å². The average Bonchev–Trinajstić information content (AvgIpc) is 2.58. The zero-order valence-corrected chi connectivity index (χ0v) is 10.3. The zero-order chi connectivity index (χ0) is 11.1. The molecule has 84 valence electrons. The molecule has 1 aliphatic rings. The van der Waals surface area contributed by atoms with Gasteiger partial charge in [-0.3, -0.25) is 4.68 Å². The quantitative estimate of drug-likeness (QED) is 0.858. The number of halogens is 1. The topological polar surface area (TPSA) is 50.9 Å². The molecule has 2 aromatic heterocycles. The Morgan fingerprint density at radius 3 is 3.06 bits per heavy atom. The highest BCUT2D eigenvalue weighted by Gasteiger charge is 2.30. The number of hydrogen-bond acceptors (Lipinski definition) is 3. The van der Waals surface area contributed by atoms with Gasteiger partial charge in [0.15, 0.2) is 0 Å². The summed E-state index contributed by atoms with van der Waals surface area (Å²) in [5.74, 6) is 0.460. The highest BCUT2D eigenvalue weighted by molar-refractivity contribution is 9.10. The molecule has 1 aliphatic carbocycles. The summed E-state index contributed by atoms with van der Waals surface area (Å²) in [4.78, 5) is 4.16. The fourth-order valence-electron chi connectivity index (χ4n) is 2.17. The minimum Gasteiger partial charge on any atom is -0.396 e. The van der Waals surface area contributed by atoms with Gasteiger partial charge in [0.05, 0.1) is 12.2 Å². The third-order valence-electron chi connectivity index (χ3n) is 3.22. The summed E-state index contributed by atoms with van der Waals surface area (Å²) in [6.07, 6.45) is 5.89. The van der Waals surface area contributed by atoms with Crippen molar-refractivity contribution in [3.63, 3.8) is 0 Å². The van der Waals surface area contributed by atoms with E-state index in [-0.39, 0.29) is 0 Å². The molecule has 0 aliphatic heterocycles. The molecule has 5 heteroatoms. The molecule has 1 saturated carbocycles. The Morgan fingerprint density at radius 2 is 2.31 bits per heavy atom. The van der Waals surface area contributed by atoms with E-state index in [0.717, 1.165) is 28.3 Å². The van der Waals surface area contributed by atoms with E-state index in [4.69, 9.17) is 5.11 Å². The van der Waals surface area contributed by atoms with E-state index in [2.05, 4.69) is 32.2 Å². The second-order valence-corrected chi connectivity index (χ2v) is 5.16. The number of nitrogens with zero attached hydrogens (tertiary/aromatic N) is 3. The van der Waals surface area contributed by atoms with E-state index in [1.807, 2.05) is 10.7 Å². The molecule has 4 nitrogen and oxygen atoms in total. The number of hydrogen-bond donors (Lipinski definition) is 1. The van der Waals surface area contributed by atoms with Gasteiger partial charge in [-0.15, -0.1) is 0 Å². The molecule has 0 unspecified atom stereocenters. The summed E-state index contributed by atoms with van der Waals surface area (Å²) >= 11 is 3.35. The first kappa shape index (κ1) is 10.2. The molecule has 2 heterocycles. The second kappa shape index (κ2) is 3.82. The molecule has 0 spiro atoms. The Kier molecular flexibility index (Phi) is 2.44. The van der Waals surface area contributed by atoms with Crippen LogP contribution in [0, 0.1) is 5.92 Å². The smallest absolute Gasteiger partial charge is 0.111 e. The van der Waals surface area contributed by atoms with E-state index < -0.39 is 0 Å². The van der Waals surface area contributed by atoms with Crippen LogP contribution in [-0.2, 0) is 0 Å². The molecular formula is C11H12BrN3O. The van der Waals surface area contributed by atoms with Crippen molar-refractivity contribution >= 4 is 26.8 Å². The summed E-state index contributed by atoms with van der Waals surface area (Å²) in [6.45, 7) is 0.296. The van der Waals surface area contributed by atoms with Gasteiger partial charge in [0, 0.05) is 18.2 Å². The maximum atomic E-state index is 8.98. The van der Waals surface area contributed by atoms with Gasteiger partial charge >= 0.3 is 0 Å². The van der Waals surface area contributed by atoms with Gasteiger partial charge in [0.25, 0.3) is 0 Å². The molecule has 1 fully saturated rings. The van der Waals surface area contributed by atoms with Crippen molar-refractivity contribution in [2.75, 3.05) is 6.61 Å². The fraction of sp³-hybridized carbons (Fsp3) is 0.455. The number of rotatable bonds is 2. The average molecular weight is 282 g/mol. The third-order valence-corrected chi connectivity index (χ3v) is 3.65. The SMILES string of the molecule is OCC1CC(n2cc3cc(Br)ncc3n2)C1. The van der Waals surface area contributed by atoms with Crippen molar-refractivity contribution in [1.82, 2.24) is 14.8 Å². The Bertz CT molecular complexity index is 519. The highest BCUT2D eigenvalue weighted by atomic mass is 79.9. The third kappa shape index (κ3) is 1.64. The van der Waals surface area contributed by atoms with E-state index in [0.29, 0.717) is 18.6 Å². The first-order valence-electron chi connectivity index (χ1n) is 5.37. The predicted octanol–water partition coefficient (Wildman–Crippen LogP) is 2.14. The molecule has 3 rings (SSSR count). The summed E-state index contributed by atoms with van der Waals surface area (Å²) in [7, 11) is 0. The Hall–Kier alpha value is -0.940. The minimum absolute atomic E-state index is 0.296. The fourth-order valence-corrected chi connectivity index (χ4v) is 2.52. The van der Waals surface area contributed by atoms with Crippen LogP contribution in [-0.4, -0.2) is 26.5 Å². The van der Waals surface area contributed by atoms with E-state index in [9.17, 15) is 0 Å². The molecule has 0 bridgehead atoms. The maximum absolute atomic E-state index is 8.98. The van der Waals surface area contributed by atoms with Crippen LogP contribution in [0.1, 0.15) is 18.9 Å². The molecule has 1 N–H and O–H groups in total. The van der Waals surface area contributed by atoms with Crippen LogP contribution in [0.25, 0.3) is 10.9 Å². The number of aliphatic hydroxyl groups is 1. The van der Waals surface area contributed by atoms with Gasteiger partial charge < -0.3 is 5.11 Å². The molecular weight excluding hydrogens is 270 g/mol. The normalized spacial score (nSPS) is 24.6. The number of fused-ring (bicyclic) bond motifs is 1. The van der Waals surface area contributed by atoms with Crippen molar-refractivity contribution in [2.24, 2.45) is 5.92 Å². The largest absolute Gasteiger partial charge is 0.396 e. The van der Waals surface area contributed by atoms with Crippen molar-refractivity contribution in [3.8, 4) is 0 Å². The van der Waals surface area contributed by atoms with Crippen LogP contribution >= 0.6 is 15.9 Å². The molecule has 0 amide bonds. The lowest BCUT2D eigenvalue weighted by atomic mass is 9.81. The first-order chi connectivity index (χ1) is 7.76. The van der Waals surface area contributed by atoms with Gasteiger partial charge in [-0.1, -0.05) is 0 Å². The number of aliphatic hydroxyl groups excluding tert-OH is 1. The Morgan fingerprint density at radius 1 is 1.50 bits per heavy atom. The number of pyridine rings is 1. The minimum atomic E-state index is 0.296. The lowest BCUT2D eigenvalue weighted by Crippen LogP contribution is -2.29. The molecule has 0 radical (unpaired) electrons. The summed E-state index contributed by atoms with van der Waals surface area (Å²) in [6, 6.07) is 2.42. The Labute approximate surface area is 101 Å². The van der Waals surface area contributed by atoms with Gasteiger partial charge in [0.1, 0.15) is 10.1 Å². The summed E-state index contributed by atoms with van der Waals surface area (Å²) < 4.78 is 2.84. The van der Waals surface area contributed by atoms with Crippen LogP contribution in [0.5, 0.6) is 0 Å². The van der Waals surface area contributed by atoms with Crippen LogP contribution in [0.15, 0.2) is 23.1 Å². The summed E-state index contributed by atoms with van der Waals surface area (Å²) in [5, 5.41) is 14.6. The molecule has 2 aromatic rings. The molecule has 0 atom stereocenters. The molecule has 16 heavy (non-hydrogen) atoms. The van der Waals surface area contributed by atoms with Crippen molar-refractivity contribution in [2.45, 2.75) is 18.9 Å². The van der Waals surface area contributed by atoms with E-state index in [1.165, 1.54) is 0 Å². The molecule has 0 saturated heterocycles. The van der Waals surface area contributed by atoms with Crippen LogP contribution in [0.3, 0.4) is 0 Å². The zero-order valence-electron chi connectivity index (χ0n) is 8.67. The Balaban J connectivity index is 1.89. The van der Waals surface area contributed by atoms with E-state index in [1.54, 1.807) is 6.20 Å². The first-order valence-corrected chi connectivity index (χ1v) is 6.17. The van der Waals surface area contributed by atoms with E-state index >= 15 is 0 Å². The van der Waals surface area contributed by atoms with Gasteiger partial charge in [0.2, 0.25) is 0 Å². The highest BCUT2D eigenvalue weighted by Crippen LogP contribution is 2.37. The van der Waals surface area contributed by atoms with Crippen LogP contribution < -0.4 is 0 Å². The van der Waals surface area contributed by atoms with Crippen molar-refractivity contribution in [1.29, 1.82) is 0 Å². The van der Waals surface area contributed by atoms with Crippen LogP contribution in [0.4, 0.5) is 0 Å². The van der Waals surface area contributed by atoms with Gasteiger partial charge in [-0.05, 0) is 40.8 Å². The standard InChI is InChI=1S/C11H12BrN3O/c12-11-3-8-5-15(14-10(8)4-13-11)9-1-7(2-9)6-16/h3-5,7,9,16H,1-2,6H2. The molecule has 0 aromatic carbocycles. The van der Waals surface area contributed by atoms with Crippen molar-refractivity contribution < 1.29 is 5.11 Å². The predicted molar refractivity (Wildman–Crippen MR) is 64.1 cm³/mol. The summed E-state index contributed by atoms with van der Waals surface area (Å²) in [5.41, 5.74) is 0.927. The van der Waals surface area contributed by atoms with Crippen LogP contribution in [0.2, 0.25) is 0 Å². The monoisotopic (exact) mass is 281 g/mol.